The number of amides is 1. The van der Waals surface area contributed by atoms with Crippen LogP contribution in [0.4, 0.5) is 10.1 Å². The Hall–Kier alpha value is -4.96. The lowest BCUT2D eigenvalue weighted by molar-refractivity contribution is 0.0964. The van der Waals surface area contributed by atoms with E-state index >= 15 is 0 Å². The van der Waals surface area contributed by atoms with Crippen molar-refractivity contribution in [3.63, 3.8) is 0 Å². The fourth-order valence-corrected chi connectivity index (χ4v) is 5.51. The number of anilines is 1. The van der Waals surface area contributed by atoms with Crippen LogP contribution in [0.3, 0.4) is 0 Å². The second-order valence-corrected chi connectivity index (χ2v) is 11.7. The number of benzene rings is 3. The lowest BCUT2D eigenvalue weighted by Gasteiger charge is -2.21. The first-order chi connectivity index (χ1) is 19.7. The number of pyridine rings is 1. The minimum absolute atomic E-state index is 0.259. The maximum atomic E-state index is 13.7. The van der Waals surface area contributed by atoms with Crippen molar-refractivity contribution in [1.29, 1.82) is 0 Å². The monoisotopic (exact) mass is 568 g/mol. The van der Waals surface area contributed by atoms with Gasteiger partial charge in [0.1, 0.15) is 17.2 Å². The number of fused-ring (bicyclic) bond motifs is 2. The van der Waals surface area contributed by atoms with Gasteiger partial charge in [0.15, 0.2) is 0 Å². The number of carbonyl (C=O) groups is 1. The van der Waals surface area contributed by atoms with Gasteiger partial charge in [-0.05, 0) is 66.2 Å². The molecule has 8 nitrogen and oxygen atoms in total. The summed E-state index contributed by atoms with van der Waals surface area (Å²) in [6.45, 7) is 0. The second-order valence-electron chi connectivity index (χ2n) is 9.65. The van der Waals surface area contributed by atoms with Crippen molar-refractivity contribution in [1.82, 2.24) is 14.9 Å². The van der Waals surface area contributed by atoms with Crippen molar-refractivity contribution in [3.8, 4) is 28.1 Å². The van der Waals surface area contributed by atoms with E-state index in [1.54, 1.807) is 24.5 Å². The molecular formula is C31H25FN4O4S. The van der Waals surface area contributed by atoms with Gasteiger partial charge in [-0.2, -0.15) is 0 Å². The average Bonchev–Trinajstić information content (AvgIpc) is 3.57. The second kappa shape index (κ2) is 9.90. The van der Waals surface area contributed by atoms with E-state index in [0.29, 0.717) is 27.8 Å². The Balaban J connectivity index is 1.61. The van der Waals surface area contributed by atoms with Gasteiger partial charge in [0.25, 0.3) is 5.91 Å². The summed E-state index contributed by atoms with van der Waals surface area (Å²) < 4.78 is 48.4. The predicted octanol–water partition coefficient (Wildman–Crippen LogP) is 6.00. The van der Waals surface area contributed by atoms with E-state index in [4.69, 9.17) is 4.42 Å². The maximum absolute atomic E-state index is 13.7. The summed E-state index contributed by atoms with van der Waals surface area (Å²) in [5.74, 6) is -0.545. The van der Waals surface area contributed by atoms with Gasteiger partial charge >= 0.3 is 0 Å². The number of nitrogens with one attached hydrogen (secondary N) is 1. The molecule has 0 saturated heterocycles. The zero-order chi connectivity index (χ0) is 28.9. The molecule has 3 heterocycles. The van der Waals surface area contributed by atoms with Gasteiger partial charge < -0.3 is 14.3 Å². The van der Waals surface area contributed by atoms with Crippen molar-refractivity contribution in [2.75, 3.05) is 24.7 Å². The molecule has 0 atom stereocenters. The van der Waals surface area contributed by atoms with Crippen molar-refractivity contribution in [2.24, 2.45) is 0 Å². The maximum Gasteiger partial charge on any atom is 0.255 e. The highest BCUT2D eigenvalue weighted by Gasteiger charge is 2.26. The van der Waals surface area contributed by atoms with Crippen LogP contribution >= 0.6 is 0 Å². The molecule has 0 unspecified atom stereocenters. The summed E-state index contributed by atoms with van der Waals surface area (Å²) in [4.78, 5) is 17.2. The first kappa shape index (κ1) is 26.3. The Morgan fingerprint density at radius 1 is 0.976 bits per heavy atom. The molecule has 0 aliphatic rings. The number of rotatable bonds is 6. The van der Waals surface area contributed by atoms with E-state index in [1.807, 2.05) is 47.2 Å². The first-order valence-electron chi connectivity index (χ1n) is 12.7. The highest BCUT2D eigenvalue weighted by atomic mass is 32.2. The number of carbonyl (C=O) groups excluding carboxylic acids is 1. The van der Waals surface area contributed by atoms with Crippen LogP contribution < -0.4 is 9.62 Å². The summed E-state index contributed by atoms with van der Waals surface area (Å²) in [7, 11) is -0.658. The highest BCUT2D eigenvalue weighted by molar-refractivity contribution is 7.92. The smallest absolute Gasteiger partial charge is 0.255 e. The molecule has 0 spiro atoms. The van der Waals surface area contributed by atoms with E-state index in [2.05, 4.69) is 10.3 Å². The molecule has 0 radical (unpaired) electrons. The fourth-order valence-electron chi connectivity index (χ4n) is 5.00. The standard InChI is InChI=1S/C31H25FN4O4S/c1-33-31(37)29-25-17-24(20-6-9-26-21(16-20)12-15-36(26)23-10-13-34-14-11-23)27(35(2)41(3,38)39)18-28(25)40-30(29)19-4-7-22(32)8-5-19/h4-18H,1-3H3,(H,33,37). The number of hydrogen-bond donors (Lipinski definition) is 1. The number of furan rings is 1. The highest BCUT2D eigenvalue weighted by Crippen LogP contribution is 2.42. The van der Waals surface area contributed by atoms with Crippen LogP contribution in [0.1, 0.15) is 10.4 Å². The van der Waals surface area contributed by atoms with E-state index in [-0.39, 0.29) is 17.2 Å². The topological polar surface area (TPSA) is 97.4 Å². The Labute approximate surface area is 235 Å². The van der Waals surface area contributed by atoms with Gasteiger partial charge in [0, 0.05) is 66.3 Å². The van der Waals surface area contributed by atoms with Crippen molar-refractivity contribution in [3.05, 3.63) is 103 Å². The van der Waals surface area contributed by atoms with Crippen molar-refractivity contribution >= 4 is 43.5 Å². The lowest BCUT2D eigenvalue weighted by atomic mass is 9.97. The Morgan fingerprint density at radius 2 is 1.68 bits per heavy atom. The molecule has 0 fully saturated rings. The minimum Gasteiger partial charge on any atom is -0.455 e. The fraction of sp³-hybridized carbons (Fsp3) is 0.0968. The zero-order valence-electron chi connectivity index (χ0n) is 22.4. The van der Waals surface area contributed by atoms with Crippen LogP contribution in [0, 0.1) is 5.82 Å². The normalized spacial score (nSPS) is 11.7. The third-order valence-corrected chi connectivity index (χ3v) is 8.34. The quantitative estimate of drug-likeness (QED) is 0.266. The van der Waals surface area contributed by atoms with Gasteiger partial charge in [-0.1, -0.05) is 6.07 Å². The Kier molecular flexibility index (Phi) is 6.34. The van der Waals surface area contributed by atoms with Crippen molar-refractivity contribution in [2.45, 2.75) is 0 Å². The number of halogens is 1. The summed E-state index contributed by atoms with van der Waals surface area (Å²) in [6.07, 6.45) is 6.55. The molecule has 3 aromatic heterocycles. The molecule has 0 saturated carbocycles. The summed E-state index contributed by atoms with van der Waals surface area (Å²) in [5.41, 5.74) is 4.77. The van der Waals surface area contributed by atoms with E-state index in [1.165, 1.54) is 42.7 Å². The number of nitrogens with zero attached hydrogens (tertiary/aromatic N) is 3. The minimum atomic E-state index is -3.65. The third-order valence-electron chi connectivity index (χ3n) is 7.15. The summed E-state index contributed by atoms with van der Waals surface area (Å²) in [6, 6.07) is 20.7. The Morgan fingerprint density at radius 3 is 2.37 bits per heavy atom. The van der Waals surface area contributed by atoms with Crippen LogP contribution in [-0.4, -0.2) is 44.2 Å². The van der Waals surface area contributed by atoms with Crippen LogP contribution in [-0.2, 0) is 10.0 Å². The third kappa shape index (κ3) is 4.62. The van der Waals surface area contributed by atoms with Crippen LogP contribution in [0.25, 0.3) is 50.0 Å². The molecule has 0 aliphatic carbocycles. The SMILES string of the molecule is CNC(=O)c1c(-c2ccc(F)cc2)oc2cc(N(C)S(C)(=O)=O)c(-c3ccc4c(ccn4-c4ccncc4)c3)cc12. The number of aromatic nitrogens is 2. The molecule has 206 valence electrons. The molecule has 41 heavy (non-hydrogen) atoms. The van der Waals surface area contributed by atoms with Crippen LogP contribution in [0.15, 0.2) is 95.8 Å². The number of hydrogen-bond acceptors (Lipinski definition) is 5. The zero-order valence-corrected chi connectivity index (χ0v) is 23.2. The van der Waals surface area contributed by atoms with Crippen molar-refractivity contribution < 1.29 is 22.0 Å². The molecule has 0 bridgehead atoms. The predicted molar refractivity (Wildman–Crippen MR) is 158 cm³/mol. The van der Waals surface area contributed by atoms with E-state index in [9.17, 15) is 17.6 Å². The van der Waals surface area contributed by atoms with Crippen LogP contribution in [0.2, 0.25) is 0 Å². The first-order valence-corrected chi connectivity index (χ1v) is 14.5. The lowest BCUT2D eigenvalue weighted by Crippen LogP contribution is -2.25. The van der Waals surface area contributed by atoms with Gasteiger partial charge in [-0.3, -0.25) is 14.1 Å². The molecule has 3 aromatic carbocycles. The van der Waals surface area contributed by atoms with Crippen LogP contribution in [0.5, 0.6) is 0 Å². The van der Waals surface area contributed by atoms with E-state index < -0.39 is 15.8 Å². The van der Waals surface area contributed by atoms with Gasteiger partial charge in [0.05, 0.1) is 23.0 Å². The largest absolute Gasteiger partial charge is 0.455 e. The molecule has 6 aromatic rings. The average molecular weight is 569 g/mol. The number of sulfonamides is 1. The van der Waals surface area contributed by atoms with Gasteiger partial charge in [-0.15, -0.1) is 0 Å². The van der Waals surface area contributed by atoms with Gasteiger partial charge in [0.2, 0.25) is 10.0 Å². The molecule has 1 amide bonds. The molecule has 10 heteroatoms. The molecule has 0 aliphatic heterocycles. The van der Waals surface area contributed by atoms with E-state index in [0.717, 1.165) is 28.4 Å². The molecular weight excluding hydrogens is 543 g/mol. The van der Waals surface area contributed by atoms with Gasteiger partial charge in [-0.25, -0.2) is 12.8 Å². The summed E-state index contributed by atoms with van der Waals surface area (Å²) in [5, 5.41) is 4.10. The summed E-state index contributed by atoms with van der Waals surface area (Å²) >= 11 is 0. The molecule has 6 rings (SSSR count). The Bertz CT molecular complexity index is 2050. The molecule has 1 N–H and O–H groups in total.